The van der Waals surface area contributed by atoms with Crippen LogP contribution in [0.5, 0.6) is 0 Å². The van der Waals surface area contributed by atoms with Crippen LogP contribution in [0, 0.1) is 0 Å². The number of rotatable bonds is 1. The van der Waals surface area contributed by atoms with E-state index in [1.165, 1.54) is 0 Å². The molecule has 0 aliphatic carbocycles. The van der Waals surface area contributed by atoms with Gasteiger partial charge in [0.25, 0.3) is 5.92 Å². The van der Waals surface area contributed by atoms with Gasteiger partial charge in [0, 0.05) is 10.7 Å². The third kappa shape index (κ3) is 1.80. The van der Waals surface area contributed by atoms with E-state index < -0.39 is 5.92 Å². The molecule has 0 saturated carbocycles. The van der Waals surface area contributed by atoms with E-state index >= 15 is 0 Å². The quantitative estimate of drug-likeness (QED) is 0.759. The molecule has 1 aromatic rings. The number of halogens is 3. The summed E-state index contributed by atoms with van der Waals surface area (Å²) in [4.78, 5) is 5.50. The second-order valence-electron chi connectivity index (χ2n) is 3.07. The summed E-state index contributed by atoms with van der Waals surface area (Å²) in [5, 5.41) is 0. The van der Waals surface area contributed by atoms with Gasteiger partial charge in [-0.3, -0.25) is 4.98 Å². The van der Waals surface area contributed by atoms with E-state index in [9.17, 15) is 8.78 Å². The van der Waals surface area contributed by atoms with E-state index in [0.717, 1.165) is 10.2 Å². The Kier molecular flexibility index (Phi) is 1.98. The summed E-state index contributed by atoms with van der Waals surface area (Å²) >= 11 is 3.24. The standard InChI is InChI=1S/C8H7BrF2N2/c9-6-1-7(3-12-2-6)13-4-8(10,11)5-13/h1-3H,4-5H2. The summed E-state index contributed by atoms with van der Waals surface area (Å²) in [7, 11) is 0. The Morgan fingerprint density at radius 2 is 2.08 bits per heavy atom. The highest BCUT2D eigenvalue weighted by atomic mass is 79.9. The molecule has 0 amide bonds. The lowest BCUT2D eigenvalue weighted by atomic mass is 10.1. The van der Waals surface area contributed by atoms with Crippen molar-refractivity contribution in [1.82, 2.24) is 4.98 Å². The lowest BCUT2D eigenvalue weighted by molar-refractivity contribution is -0.0262. The number of nitrogens with zero attached hydrogens (tertiary/aromatic N) is 2. The molecule has 1 fully saturated rings. The fourth-order valence-electron chi connectivity index (χ4n) is 1.27. The van der Waals surface area contributed by atoms with Crippen molar-refractivity contribution in [2.45, 2.75) is 5.92 Å². The smallest absolute Gasteiger partial charge is 0.282 e. The molecule has 1 saturated heterocycles. The number of aromatic nitrogens is 1. The summed E-state index contributed by atoms with van der Waals surface area (Å²) in [6, 6.07) is 1.78. The summed E-state index contributed by atoms with van der Waals surface area (Å²) < 4.78 is 25.8. The topological polar surface area (TPSA) is 16.1 Å². The maximum absolute atomic E-state index is 12.5. The van der Waals surface area contributed by atoms with Crippen LogP contribution in [0.25, 0.3) is 0 Å². The highest BCUT2D eigenvalue weighted by Gasteiger charge is 2.43. The first-order valence-electron chi connectivity index (χ1n) is 3.80. The van der Waals surface area contributed by atoms with Crippen molar-refractivity contribution in [1.29, 1.82) is 0 Å². The molecule has 0 spiro atoms. The minimum atomic E-state index is -2.53. The molecule has 1 aliphatic heterocycles. The second-order valence-corrected chi connectivity index (χ2v) is 3.99. The maximum atomic E-state index is 12.5. The first-order valence-corrected chi connectivity index (χ1v) is 4.59. The van der Waals surface area contributed by atoms with Gasteiger partial charge >= 0.3 is 0 Å². The van der Waals surface area contributed by atoms with Gasteiger partial charge in [-0.25, -0.2) is 8.78 Å². The van der Waals surface area contributed by atoms with Gasteiger partial charge in [-0.1, -0.05) is 0 Å². The molecule has 2 nitrogen and oxygen atoms in total. The van der Waals surface area contributed by atoms with Gasteiger partial charge in [0.1, 0.15) is 0 Å². The first-order chi connectivity index (χ1) is 6.07. The van der Waals surface area contributed by atoms with Crippen molar-refractivity contribution in [2.75, 3.05) is 18.0 Å². The van der Waals surface area contributed by atoms with Gasteiger partial charge in [-0.2, -0.15) is 0 Å². The van der Waals surface area contributed by atoms with Crippen LogP contribution in [0.2, 0.25) is 0 Å². The van der Waals surface area contributed by atoms with Crippen molar-refractivity contribution in [3.8, 4) is 0 Å². The molecule has 1 aromatic heterocycles. The monoisotopic (exact) mass is 248 g/mol. The summed E-state index contributed by atoms with van der Waals surface area (Å²) in [5.41, 5.74) is 0.736. The van der Waals surface area contributed by atoms with Crippen molar-refractivity contribution >= 4 is 21.6 Å². The molecule has 13 heavy (non-hydrogen) atoms. The van der Waals surface area contributed by atoms with Crippen LogP contribution in [0.1, 0.15) is 0 Å². The Hall–Kier alpha value is -0.710. The summed E-state index contributed by atoms with van der Waals surface area (Å²) in [6.07, 6.45) is 3.21. The molecule has 0 N–H and O–H groups in total. The minimum absolute atomic E-state index is 0.203. The van der Waals surface area contributed by atoms with Gasteiger partial charge in [0.05, 0.1) is 25.0 Å². The fraction of sp³-hybridized carbons (Fsp3) is 0.375. The Morgan fingerprint density at radius 1 is 1.38 bits per heavy atom. The Morgan fingerprint density at radius 3 is 2.62 bits per heavy atom. The average Bonchev–Trinajstić information content (AvgIpc) is 2.00. The fourth-order valence-corrected chi connectivity index (χ4v) is 1.62. The zero-order valence-electron chi connectivity index (χ0n) is 6.67. The molecule has 70 valence electrons. The lowest BCUT2D eigenvalue weighted by Crippen LogP contribution is -2.56. The molecule has 2 rings (SSSR count). The maximum Gasteiger partial charge on any atom is 0.282 e. The van der Waals surface area contributed by atoms with Crippen LogP contribution in [-0.2, 0) is 0 Å². The van der Waals surface area contributed by atoms with Crippen LogP contribution < -0.4 is 4.90 Å². The van der Waals surface area contributed by atoms with Crippen LogP contribution >= 0.6 is 15.9 Å². The van der Waals surface area contributed by atoms with Crippen LogP contribution in [0.15, 0.2) is 22.9 Å². The van der Waals surface area contributed by atoms with Gasteiger partial charge in [-0.15, -0.1) is 0 Å². The van der Waals surface area contributed by atoms with Crippen LogP contribution in [0.4, 0.5) is 14.5 Å². The molecule has 2 heterocycles. The number of anilines is 1. The summed E-state index contributed by atoms with van der Waals surface area (Å²) in [5.74, 6) is -2.53. The predicted molar refractivity (Wildman–Crippen MR) is 49.1 cm³/mol. The Bertz CT molecular complexity index is 322. The van der Waals surface area contributed by atoms with Gasteiger partial charge in [0.15, 0.2) is 0 Å². The number of hydrogen-bond acceptors (Lipinski definition) is 2. The second kappa shape index (κ2) is 2.90. The Labute approximate surface area is 82.7 Å². The Balaban J connectivity index is 2.11. The average molecular weight is 249 g/mol. The van der Waals surface area contributed by atoms with Crippen LogP contribution in [-0.4, -0.2) is 24.0 Å². The van der Waals surface area contributed by atoms with E-state index in [0.29, 0.717) is 0 Å². The highest BCUT2D eigenvalue weighted by Crippen LogP contribution is 2.32. The zero-order valence-corrected chi connectivity index (χ0v) is 8.26. The van der Waals surface area contributed by atoms with E-state index in [1.54, 1.807) is 23.4 Å². The van der Waals surface area contributed by atoms with Crippen molar-refractivity contribution in [2.24, 2.45) is 0 Å². The molecule has 5 heteroatoms. The van der Waals surface area contributed by atoms with Crippen LogP contribution in [0.3, 0.4) is 0 Å². The summed E-state index contributed by atoms with van der Waals surface area (Å²) in [6.45, 7) is -0.406. The molecule has 0 radical (unpaired) electrons. The SMILES string of the molecule is FC1(F)CN(c2cncc(Br)c2)C1. The molecule has 1 aliphatic rings. The minimum Gasteiger partial charge on any atom is -0.358 e. The largest absolute Gasteiger partial charge is 0.358 e. The van der Waals surface area contributed by atoms with Gasteiger partial charge < -0.3 is 4.90 Å². The third-order valence-corrected chi connectivity index (χ3v) is 2.33. The van der Waals surface area contributed by atoms with E-state index in [2.05, 4.69) is 20.9 Å². The lowest BCUT2D eigenvalue weighted by Gasteiger charge is -2.40. The van der Waals surface area contributed by atoms with Crippen molar-refractivity contribution in [3.05, 3.63) is 22.9 Å². The number of hydrogen-bond donors (Lipinski definition) is 0. The number of alkyl halides is 2. The van der Waals surface area contributed by atoms with Gasteiger partial charge in [0.2, 0.25) is 0 Å². The number of pyridine rings is 1. The van der Waals surface area contributed by atoms with Crippen molar-refractivity contribution < 1.29 is 8.78 Å². The van der Waals surface area contributed by atoms with E-state index in [-0.39, 0.29) is 13.1 Å². The molecule has 0 unspecified atom stereocenters. The molecular formula is C8H7BrF2N2. The third-order valence-electron chi connectivity index (χ3n) is 1.90. The first kappa shape index (κ1) is 8.87. The highest BCUT2D eigenvalue weighted by molar-refractivity contribution is 9.10. The normalized spacial score (nSPS) is 19.8. The molecular weight excluding hydrogens is 242 g/mol. The van der Waals surface area contributed by atoms with E-state index in [4.69, 9.17) is 0 Å². The molecule has 0 aromatic carbocycles. The molecule has 0 bridgehead atoms. The molecule has 0 atom stereocenters. The predicted octanol–water partition coefficient (Wildman–Crippen LogP) is 2.30. The van der Waals surface area contributed by atoms with E-state index in [1.807, 2.05) is 0 Å². The van der Waals surface area contributed by atoms with Crippen molar-refractivity contribution in [3.63, 3.8) is 0 Å². The zero-order chi connectivity index (χ0) is 9.47. The van der Waals surface area contributed by atoms with Gasteiger partial charge in [-0.05, 0) is 22.0 Å².